The van der Waals surface area contributed by atoms with Crippen LogP contribution in [-0.2, 0) is 0 Å². The van der Waals surface area contributed by atoms with Crippen LogP contribution in [-0.4, -0.2) is 15.1 Å². The molecular formula is C11H17ClN2O4. The van der Waals surface area contributed by atoms with Gasteiger partial charge >= 0.3 is 5.69 Å². The van der Waals surface area contributed by atoms with Crippen molar-refractivity contribution in [3.8, 4) is 11.5 Å². The van der Waals surface area contributed by atoms with Gasteiger partial charge in [0.15, 0.2) is 5.75 Å². The Hall–Kier alpha value is -1.53. The molecule has 0 amide bonds. The van der Waals surface area contributed by atoms with E-state index in [1.54, 1.807) is 0 Å². The maximum absolute atomic E-state index is 10.7. The van der Waals surface area contributed by atoms with Crippen molar-refractivity contribution in [1.82, 2.24) is 0 Å². The summed E-state index contributed by atoms with van der Waals surface area (Å²) in [4.78, 5) is 9.94. The van der Waals surface area contributed by atoms with E-state index in [2.05, 4.69) is 0 Å². The van der Waals surface area contributed by atoms with Gasteiger partial charge in [0.05, 0.1) is 4.92 Å². The van der Waals surface area contributed by atoms with Crippen molar-refractivity contribution < 1.29 is 15.1 Å². The number of benzene rings is 1. The minimum absolute atomic E-state index is 0. The summed E-state index contributed by atoms with van der Waals surface area (Å²) in [6.07, 6.45) is 0. The molecule has 7 heteroatoms. The summed E-state index contributed by atoms with van der Waals surface area (Å²) in [6.45, 7) is 5.65. The summed E-state index contributed by atoms with van der Waals surface area (Å²) in [7, 11) is 0. The van der Waals surface area contributed by atoms with Gasteiger partial charge in [-0.25, -0.2) is 0 Å². The van der Waals surface area contributed by atoms with E-state index in [0.717, 1.165) is 0 Å². The molecule has 18 heavy (non-hydrogen) atoms. The third kappa shape index (κ3) is 3.24. The van der Waals surface area contributed by atoms with Gasteiger partial charge in [0.2, 0.25) is 5.75 Å². The molecule has 6 nitrogen and oxygen atoms in total. The number of aromatic hydroxyl groups is 2. The standard InChI is InChI=1S/C11H16N2O4.ClH/c1-11(2,3)10(12)6-4-7(13(16)17)9(15)8(14)5-6;/h4-5,10,14-15H,12H2,1-3H3;1H/t10-;/m0./s1. The first-order chi connectivity index (χ1) is 7.64. The minimum atomic E-state index is -0.756. The molecule has 0 unspecified atom stereocenters. The molecule has 0 saturated carbocycles. The van der Waals surface area contributed by atoms with Gasteiger partial charge in [-0.15, -0.1) is 12.4 Å². The Morgan fingerprint density at radius 3 is 2.22 bits per heavy atom. The maximum atomic E-state index is 10.7. The Morgan fingerprint density at radius 1 is 1.33 bits per heavy atom. The molecule has 0 fully saturated rings. The first-order valence-electron chi connectivity index (χ1n) is 5.10. The lowest BCUT2D eigenvalue weighted by atomic mass is 9.83. The molecular weight excluding hydrogens is 260 g/mol. The van der Waals surface area contributed by atoms with Crippen LogP contribution < -0.4 is 5.73 Å². The summed E-state index contributed by atoms with van der Waals surface area (Å²) in [6, 6.07) is 1.95. The van der Waals surface area contributed by atoms with Crippen molar-refractivity contribution in [1.29, 1.82) is 0 Å². The van der Waals surface area contributed by atoms with Gasteiger partial charge in [0.1, 0.15) is 0 Å². The molecule has 1 rings (SSSR count). The zero-order valence-electron chi connectivity index (χ0n) is 10.4. The fourth-order valence-corrected chi connectivity index (χ4v) is 1.44. The molecule has 0 saturated heterocycles. The van der Waals surface area contributed by atoms with Crippen LogP contribution in [0.2, 0.25) is 0 Å². The average molecular weight is 277 g/mol. The number of nitro groups is 1. The van der Waals surface area contributed by atoms with Crippen LogP contribution in [0.4, 0.5) is 5.69 Å². The molecule has 1 atom stereocenters. The molecule has 102 valence electrons. The number of hydrogen-bond acceptors (Lipinski definition) is 5. The summed E-state index contributed by atoms with van der Waals surface area (Å²) in [5.74, 6) is -1.27. The molecule has 0 heterocycles. The van der Waals surface area contributed by atoms with Crippen LogP contribution in [0.25, 0.3) is 0 Å². The van der Waals surface area contributed by atoms with Gasteiger partial charge in [-0.1, -0.05) is 20.8 Å². The van der Waals surface area contributed by atoms with Crippen LogP contribution in [0.5, 0.6) is 11.5 Å². The Labute approximate surface area is 111 Å². The number of nitro benzene ring substituents is 1. The number of phenols is 2. The lowest BCUT2D eigenvalue weighted by molar-refractivity contribution is -0.386. The topological polar surface area (TPSA) is 110 Å². The average Bonchev–Trinajstić information content (AvgIpc) is 2.19. The molecule has 0 aliphatic rings. The van der Waals surface area contributed by atoms with E-state index in [0.29, 0.717) is 5.56 Å². The van der Waals surface area contributed by atoms with Crippen LogP contribution in [0.3, 0.4) is 0 Å². The highest BCUT2D eigenvalue weighted by Crippen LogP contribution is 2.40. The van der Waals surface area contributed by atoms with E-state index in [-0.39, 0.29) is 17.8 Å². The van der Waals surface area contributed by atoms with Crippen molar-refractivity contribution in [2.45, 2.75) is 26.8 Å². The summed E-state index contributed by atoms with van der Waals surface area (Å²) in [5, 5.41) is 29.5. The number of nitrogens with zero attached hydrogens (tertiary/aromatic N) is 1. The zero-order valence-corrected chi connectivity index (χ0v) is 11.2. The fourth-order valence-electron chi connectivity index (χ4n) is 1.44. The van der Waals surface area contributed by atoms with Crippen LogP contribution in [0.1, 0.15) is 32.4 Å². The number of rotatable bonds is 2. The zero-order chi connectivity index (χ0) is 13.4. The molecule has 1 aromatic carbocycles. The molecule has 0 bridgehead atoms. The van der Waals surface area contributed by atoms with E-state index in [4.69, 9.17) is 5.73 Å². The second-order valence-corrected chi connectivity index (χ2v) is 5.01. The predicted octanol–water partition coefficient (Wildman–Crippen LogP) is 2.47. The SMILES string of the molecule is CC(C)(C)[C@@H](N)c1cc(O)c(O)c([N+](=O)[O-])c1.Cl. The molecule has 1 aromatic rings. The lowest BCUT2D eigenvalue weighted by Crippen LogP contribution is -2.26. The maximum Gasteiger partial charge on any atom is 0.314 e. The Kier molecular flexibility index (Phi) is 4.95. The summed E-state index contributed by atoms with van der Waals surface area (Å²) < 4.78 is 0. The molecule has 0 aliphatic heterocycles. The minimum Gasteiger partial charge on any atom is -0.504 e. The van der Waals surface area contributed by atoms with E-state index in [1.807, 2.05) is 20.8 Å². The quantitative estimate of drug-likeness (QED) is 0.437. The van der Waals surface area contributed by atoms with Crippen LogP contribution in [0, 0.1) is 15.5 Å². The smallest absolute Gasteiger partial charge is 0.314 e. The second-order valence-electron chi connectivity index (χ2n) is 5.01. The highest BCUT2D eigenvalue weighted by Gasteiger charge is 2.27. The normalized spacial score (nSPS) is 12.7. The van der Waals surface area contributed by atoms with Crippen molar-refractivity contribution in [2.24, 2.45) is 11.1 Å². The van der Waals surface area contributed by atoms with Crippen molar-refractivity contribution >= 4 is 18.1 Å². The largest absolute Gasteiger partial charge is 0.504 e. The number of halogens is 1. The molecule has 0 aliphatic carbocycles. The van der Waals surface area contributed by atoms with Crippen molar-refractivity contribution in [2.75, 3.05) is 0 Å². The third-order valence-corrected chi connectivity index (χ3v) is 2.58. The first-order valence-corrected chi connectivity index (χ1v) is 5.10. The van der Waals surface area contributed by atoms with Gasteiger partial charge in [0, 0.05) is 12.1 Å². The number of phenolic OH excluding ortho intramolecular Hbond substituents is 2. The molecule has 0 aromatic heterocycles. The van der Waals surface area contributed by atoms with E-state index in [9.17, 15) is 20.3 Å². The lowest BCUT2D eigenvalue weighted by Gasteiger charge is -2.27. The predicted molar refractivity (Wildman–Crippen MR) is 70.1 cm³/mol. The number of nitrogens with two attached hydrogens (primary N) is 1. The first kappa shape index (κ1) is 16.5. The Bertz CT molecular complexity index is 457. The monoisotopic (exact) mass is 276 g/mol. The molecule has 0 spiro atoms. The highest BCUT2D eigenvalue weighted by molar-refractivity contribution is 5.85. The molecule has 4 N–H and O–H groups in total. The Balaban J connectivity index is 0.00000289. The van der Waals surface area contributed by atoms with Crippen molar-refractivity contribution in [3.05, 3.63) is 27.8 Å². The third-order valence-electron chi connectivity index (χ3n) is 2.58. The summed E-state index contributed by atoms with van der Waals surface area (Å²) in [5.41, 5.74) is 5.51. The van der Waals surface area contributed by atoms with Gasteiger partial charge in [-0.2, -0.15) is 0 Å². The van der Waals surface area contributed by atoms with Crippen molar-refractivity contribution in [3.63, 3.8) is 0 Å². The van der Waals surface area contributed by atoms with Gasteiger partial charge < -0.3 is 15.9 Å². The fraction of sp³-hybridized carbons (Fsp3) is 0.455. The van der Waals surface area contributed by atoms with Crippen LogP contribution in [0.15, 0.2) is 12.1 Å². The highest BCUT2D eigenvalue weighted by atomic mass is 35.5. The van der Waals surface area contributed by atoms with E-state index >= 15 is 0 Å². The van der Waals surface area contributed by atoms with Gasteiger partial charge in [-0.3, -0.25) is 10.1 Å². The number of hydrogen-bond donors (Lipinski definition) is 3. The van der Waals surface area contributed by atoms with E-state index < -0.39 is 28.2 Å². The van der Waals surface area contributed by atoms with Gasteiger partial charge in [-0.05, 0) is 17.0 Å². The second kappa shape index (κ2) is 5.41. The Morgan fingerprint density at radius 2 is 1.83 bits per heavy atom. The van der Waals surface area contributed by atoms with E-state index in [1.165, 1.54) is 12.1 Å². The summed E-state index contributed by atoms with van der Waals surface area (Å²) >= 11 is 0. The van der Waals surface area contributed by atoms with Gasteiger partial charge in [0.25, 0.3) is 0 Å². The van der Waals surface area contributed by atoms with Crippen LogP contribution >= 0.6 is 12.4 Å². The molecule has 0 radical (unpaired) electrons.